The van der Waals surface area contributed by atoms with Gasteiger partial charge in [0.15, 0.2) is 5.78 Å². The molecule has 3 rings (SSSR count). The molecule has 2 nitrogen and oxygen atoms in total. The Morgan fingerprint density at radius 1 is 1.20 bits per heavy atom. The first-order valence-corrected chi connectivity index (χ1v) is 6.38. The number of hydrogen-bond donors (Lipinski definition) is 0. The molecule has 0 N–H and O–H groups in total. The molecule has 0 bridgehead atoms. The second-order valence-electron chi connectivity index (χ2n) is 4.84. The van der Waals surface area contributed by atoms with Crippen LogP contribution in [0.15, 0.2) is 48.0 Å². The third kappa shape index (κ3) is 2.35. The maximum absolute atomic E-state index is 13.2. The summed E-state index contributed by atoms with van der Waals surface area (Å²) < 4.78 is 18.8. The number of carbonyl (C=O) groups is 1. The highest BCUT2D eigenvalue weighted by molar-refractivity contribution is 6.14. The van der Waals surface area contributed by atoms with E-state index in [-0.39, 0.29) is 18.0 Å². The molecule has 1 heterocycles. The second-order valence-corrected chi connectivity index (χ2v) is 4.84. The lowest BCUT2D eigenvalue weighted by atomic mass is 9.98. The molecule has 1 aliphatic rings. The Hall–Kier alpha value is -2.42. The van der Waals surface area contributed by atoms with Crippen molar-refractivity contribution in [3.8, 4) is 5.75 Å². The molecule has 0 aromatic heterocycles. The van der Waals surface area contributed by atoms with Crippen molar-refractivity contribution in [1.29, 1.82) is 0 Å². The Morgan fingerprint density at radius 3 is 2.85 bits per heavy atom. The minimum atomic E-state index is -0.433. The molecule has 0 atom stereocenters. The lowest BCUT2D eigenvalue weighted by molar-refractivity contribution is 0.1000. The number of ether oxygens (including phenoxy) is 1. The van der Waals surface area contributed by atoms with Crippen molar-refractivity contribution in [2.75, 3.05) is 6.61 Å². The van der Waals surface area contributed by atoms with Crippen LogP contribution in [0.2, 0.25) is 0 Å². The normalized spacial score (nSPS) is 15.9. The van der Waals surface area contributed by atoms with Crippen molar-refractivity contribution in [2.45, 2.75) is 6.92 Å². The molecule has 1 aliphatic heterocycles. The average molecular weight is 268 g/mol. The third-order valence-corrected chi connectivity index (χ3v) is 3.24. The highest BCUT2D eigenvalue weighted by Gasteiger charge is 2.23. The maximum atomic E-state index is 13.2. The molecule has 0 spiro atoms. The van der Waals surface area contributed by atoms with Crippen molar-refractivity contribution in [3.63, 3.8) is 0 Å². The summed E-state index contributed by atoms with van der Waals surface area (Å²) in [6.07, 6.45) is 1.79. The quantitative estimate of drug-likeness (QED) is 0.735. The van der Waals surface area contributed by atoms with Crippen molar-refractivity contribution in [1.82, 2.24) is 0 Å². The van der Waals surface area contributed by atoms with Crippen molar-refractivity contribution < 1.29 is 13.9 Å². The molecular formula is C17H13FO2. The first-order chi connectivity index (χ1) is 9.63. The third-order valence-electron chi connectivity index (χ3n) is 3.24. The maximum Gasteiger partial charge on any atom is 0.196 e. The first-order valence-electron chi connectivity index (χ1n) is 6.38. The molecule has 0 unspecified atom stereocenters. The molecule has 2 aromatic carbocycles. The van der Waals surface area contributed by atoms with E-state index in [2.05, 4.69) is 0 Å². The topological polar surface area (TPSA) is 26.3 Å². The van der Waals surface area contributed by atoms with Crippen LogP contribution in [0.25, 0.3) is 6.08 Å². The van der Waals surface area contributed by atoms with E-state index < -0.39 is 5.82 Å². The van der Waals surface area contributed by atoms with Crippen LogP contribution in [0.3, 0.4) is 0 Å². The Morgan fingerprint density at radius 2 is 2.05 bits per heavy atom. The largest absolute Gasteiger partial charge is 0.488 e. The predicted molar refractivity (Wildman–Crippen MR) is 75.4 cm³/mol. The van der Waals surface area contributed by atoms with Gasteiger partial charge in [0.1, 0.15) is 18.2 Å². The highest BCUT2D eigenvalue weighted by atomic mass is 19.1. The van der Waals surface area contributed by atoms with E-state index in [1.165, 1.54) is 18.2 Å². The fraction of sp³-hybridized carbons (Fsp3) is 0.118. The number of aryl methyl sites for hydroxylation is 1. The van der Waals surface area contributed by atoms with Crippen molar-refractivity contribution in [2.24, 2.45) is 0 Å². The molecule has 20 heavy (non-hydrogen) atoms. The fourth-order valence-corrected chi connectivity index (χ4v) is 2.27. The molecule has 0 saturated carbocycles. The Balaban J connectivity index is 2.00. The van der Waals surface area contributed by atoms with Crippen LogP contribution in [0, 0.1) is 12.7 Å². The highest BCUT2D eigenvalue weighted by Crippen LogP contribution is 2.28. The standard InChI is InChI=1S/C17H13FO2/c1-11-3-2-4-12(7-11)8-13-10-20-16-6-5-14(18)9-15(16)17(13)19/h2-9H,10H2,1H3/b13-8+. The van der Waals surface area contributed by atoms with E-state index in [4.69, 9.17) is 4.74 Å². The zero-order valence-electron chi connectivity index (χ0n) is 11.0. The molecule has 0 aliphatic carbocycles. The molecule has 100 valence electrons. The number of rotatable bonds is 1. The van der Waals surface area contributed by atoms with Gasteiger partial charge in [-0.3, -0.25) is 4.79 Å². The Bertz CT molecular complexity index is 717. The summed E-state index contributed by atoms with van der Waals surface area (Å²) in [5.41, 5.74) is 2.88. The van der Waals surface area contributed by atoms with Crippen LogP contribution < -0.4 is 4.74 Å². The molecule has 2 aromatic rings. The van der Waals surface area contributed by atoms with Crippen LogP contribution in [-0.2, 0) is 0 Å². The lowest BCUT2D eigenvalue weighted by Crippen LogP contribution is -2.19. The number of hydrogen-bond acceptors (Lipinski definition) is 2. The number of carbonyl (C=O) groups excluding carboxylic acids is 1. The van der Waals surface area contributed by atoms with Gasteiger partial charge in [-0.25, -0.2) is 4.39 Å². The van der Waals surface area contributed by atoms with Crippen molar-refractivity contribution in [3.05, 3.63) is 70.5 Å². The van der Waals surface area contributed by atoms with E-state index in [9.17, 15) is 9.18 Å². The van der Waals surface area contributed by atoms with E-state index in [0.29, 0.717) is 11.3 Å². The minimum Gasteiger partial charge on any atom is -0.488 e. The summed E-state index contributed by atoms with van der Waals surface area (Å²) in [6, 6.07) is 11.8. The SMILES string of the molecule is Cc1cccc(/C=C2\COc3ccc(F)cc3C2=O)c1. The van der Waals surface area contributed by atoms with Crippen LogP contribution in [0.1, 0.15) is 21.5 Å². The molecule has 0 radical (unpaired) electrons. The monoisotopic (exact) mass is 268 g/mol. The Labute approximate surface area is 116 Å². The number of ketones is 1. The van der Waals surface area contributed by atoms with Gasteiger partial charge in [-0.1, -0.05) is 29.8 Å². The van der Waals surface area contributed by atoms with Crippen LogP contribution in [-0.4, -0.2) is 12.4 Å². The zero-order chi connectivity index (χ0) is 14.1. The fourth-order valence-electron chi connectivity index (χ4n) is 2.27. The summed E-state index contributed by atoms with van der Waals surface area (Å²) in [6.45, 7) is 2.21. The van der Waals surface area contributed by atoms with E-state index in [1.54, 1.807) is 6.08 Å². The summed E-state index contributed by atoms with van der Waals surface area (Å²) in [5, 5.41) is 0. The molecule has 0 fully saturated rings. The molecule has 3 heteroatoms. The summed E-state index contributed by atoms with van der Waals surface area (Å²) in [7, 11) is 0. The number of Topliss-reactive ketones (excluding diaryl/α,β-unsaturated/α-hetero) is 1. The van der Waals surface area contributed by atoms with Gasteiger partial charge in [-0.15, -0.1) is 0 Å². The molecule has 0 saturated heterocycles. The van der Waals surface area contributed by atoms with Gasteiger partial charge in [-0.2, -0.15) is 0 Å². The smallest absolute Gasteiger partial charge is 0.196 e. The number of benzene rings is 2. The summed E-state index contributed by atoms with van der Waals surface area (Å²) in [5.74, 6) is -0.164. The molecule has 0 amide bonds. The van der Waals surface area contributed by atoms with Gasteiger partial charge >= 0.3 is 0 Å². The van der Waals surface area contributed by atoms with Crippen LogP contribution in [0.5, 0.6) is 5.75 Å². The van der Waals surface area contributed by atoms with Gasteiger partial charge in [0.25, 0.3) is 0 Å². The minimum absolute atomic E-state index is 0.174. The van der Waals surface area contributed by atoms with E-state index >= 15 is 0 Å². The Kier molecular flexibility index (Phi) is 3.11. The average Bonchev–Trinajstić information content (AvgIpc) is 2.43. The van der Waals surface area contributed by atoms with Gasteiger partial charge < -0.3 is 4.74 Å². The van der Waals surface area contributed by atoms with Crippen LogP contribution in [0.4, 0.5) is 4.39 Å². The summed E-state index contributed by atoms with van der Waals surface area (Å²) >= 11 is 0. The van der Waals surface area contributed by atoms with Gasteiger partial charge in [0.2, 0.25) is 0 Å². The van der Waals surface area contributed by atoms with Gasteiger partial charge in [0, 0.05) is 5.57 Å². The van der Waals surface area contributed by atoms with Crippen LogP contribution >= 0.6 is 0 Å². The predicted octanol–water partition coefficient (Wildman–Crippen LogP) is 3.79. The second kappa shape index (κ2) is 4.93. The zero-order valence-corrected chi connectivity index (χ0v) is 11.0. The lowest BCUT2D eigenvalue weighted by Gasteiger charge is -2.18. The van der Waals surface area contributed by atoms with Crippen molar-refractivity contribution >= 4 is 11.9 Å². The van der Waals surface area contributed by atoms with E-state index in [0.717, 1.165) is 11.1 Å². The molecular weight excluding hydrogens is 255 g/mol. The van der Waals surface area contributed by atoms with Gasteiger partial charge in [-0.05, 0) is 36.8 Å². The number of halogens is 1. The summed E-state index contributed by atoms with van der Waals surface area (Å²) in [4.78, 5) is 12.3. The number of fused-ring (bicyclic) bond motifs is 1. The van der Waals surface area contributed by atoms with E-state index in [1.807, 2.05) is 31.2 Å². The first kappa shape index (κ1) is 12.6. The van der Waals surface area contributed by atoms with Gasteiger partial charge in [0.05, 0.1) is 5.56 Å².